The van der Waals surface area contributed by atoms with Crippen molar-refractivity contribution < 1.29 is 23.5 Å². The second-order valence-corrected chi connectivity index (χ2v) is 6.48. The van der Waals surface area contributed by atoms with Crippen molar-refractivity contribution in [3.63, 3.8) is 0 Å². The molecule has 0 unspecified atom stereocenters. The van der Waals surface area contributed by atoms with Crippen LogP contribution in [0.5, 0.6) is 5.75 Å². The first-order valence-corrected chi connectivity index (χ1v) is 8.55. The summed E-state index contributed by atoms with van der Waals surface area (Å²) in [6.45, 7) is 1.81. The highest BCUT2D eigenvalue weighted by Crippen LogP contribution is 2.29. The van der Waals surface area contributed by atoms with E-state index in [9.17, 15) is 14.7 Å². The van der Waals surface area contributed by atoms with E-state index < -0.39 is 5.97 Å². The lowest BCUT2D eigenvalue weighted by atomic mass is 9.91. The molecule has 0 fully saturated rings. The van der Waals surface area contributed by atoms with Crippen molar-refractivity contribution in [2.24, 2.45) is 0 Å². The summed E-state index contributed by atoms with van der Waals surface area (Å²) in [5, 5.41) is 11.8. The van der Waals surface area contributed by atoms with Crippen LogP contribution >= 0.6 is 0 Å². The molecule has 3 aromatic rings. The van der Waals surface area contributed by atoms with Gasteiger partial charge >= 0.3 is 5.63 Å². The topological polar surface area (TPSA) is 92.7 Å². The fourth-order valence-electron chi connectivity index (χ4n) is 3.44. The predicted octanol–water partition coefficient (Wildman–Crippen LogP) is 2.52. The summed E-state index contributed by atoms with van der Waals surface area (Å²) in [4.78, 5) is 23.0. The Hall–Kier alpha value is -3.02. The van der Waals surface area contributed by atoms with Crippen molar-refractivity contribution in [3.05, 3.63) is 62.9 Å². The van der Waals surface area contributed by atoms with E-state index in [4.69, 9.17) is 13.6 Å². The second-order valence-electron chi connectivity index (χ2n) is 6.48. The molecular weight excluding hydrogens is 336 g/mol. The molecule has 0 amide bonds. The lowest BCUT2D eigenvalue weighted by Gasteiger charge is -2.16. The molecular formula is C20H17O6-. The zero-order valence-corrected chi connectivity index (χ0v) is 14.3. The highest BCUT2D eigenvalue weighted by molar-refractivity contribution is 5.83. The van der Waals surface area contributed by atoms with Gasteiger partial charge in [0.2, 0.25) is 0 Å². The van der Waals surface area contributed by atoms with Gasteiger partial charge in [-0.25, -0.2) is 4.79 Å². The molecule has 0 radical (unpaired) electrons. The maximum atomic E-state index is 12.2. The lowest BCUT2D eigenvalue weighted by molar-refractivity contribution is -0.257. The molecule has 0 aliphatic heterocycles. The number of carboxylic acids is 1. The standard InChI is InChI=1S/C20H18O6/c1-11-12(8-18(25-11)19(21)22)10-24-13-6-7-15-14-4-2-3-5-16(14)20(23)26-17(15)9-13/h6-9H,2-5,10H2,1H3,(H,21,22)/p-1. The van der Waals surface area contributed by atoms with Gasteiger partial charge in [-0.15, -0.1) is 0 Å². The summed E-state index contributed by atoms with van der Waals surface area (Å²) in [5.41, 5.74) is 2.73. The number of rotatable bonds is 4. The molecule has 0 atom stereocenters. The third-order valence-electron chi connectivity index (χ3n) is 4.81. The van der Waals surface area contributed by atoms with Gasteiger partial charge in [-0.2, -0.15) is 0 Å². The van der Waals surface area contributed by atoms with Crippen molar-refractivity contribution in [1.29, 1.82) is 0 Å². The Morgan fingerprint density at radius 1 is 1.15 bits per heavy atom. The molecule has 26 heavy (non-hydrogen) atoms. The Morgan fingerprint density at radius 3 is 2.65 bits per heavy atom. The second kappa shape index (κ2) is 6.37. The monoisotopic (exact) mass is 353 g/mol. The van der Waals surface area contributed by atoms with Gasteiger partial charge in [0.25, 0.3) is 0 Å². The number of carbonyl (C=O) groups is 1. The smallest absolute Gasteiger partial charge is 0.339 e. The molecule has 2 heterocycles. The molecule has 0 saturated carbocycles. The number of benzene rings is 1. The van der Waals surface area contributed by atoms with Gasteiger partial charge in [-0.05, 0) is 56.4 Å². The van der Waals surface area contributed by atoms with E-state index in [0.29, 0.717) is 22.7 Å². The Kier molecular flexibility index (Phi) is 4.03. The van der Waals surface area contributed by atoms with Crippen LogP contribution in [0.25, 0.3) is 11.0 Å². The molecule has 1 aliphatic rings. The summed E-state index contributed by atoms with van der Waals surface area (Å²) < 4.78 is 16.3. The maximum absolute atomic E-state index is 12.2. The van der Waals surface area contributed by atoms with Crippen LogP contribution in [0.4, 0.5) is 0 Å². The number of carbonyl (C=O) groups excluding carboxylic acids is 1. The number of aromatic carboxylic acids is 1. The zero-order chi connectivity index (χ0) is 18.3. The van der Waals surface area contributed by atoms with Crippen LogP contribution in [0.3, 0.4) is 0 Å². The molecule has 2 aromatic heterocycles. The van der Waals surface area contributed by atoms with Crippen LogP contribution in [0.15, 0.2) is 37.9 Å². The molecule has 134 valence electrons. The summed E-state index contributed by atoms with van der Waals surface area (Å²) >= 11 is 0. The van der Waals surface area contributed by atoms with Crippen molar-refractivity contribution in [2.75, 3.05) is 0 Å². The summed E-state index contributed by atoms with van der Waals surface area (Å²) in [6.07, 6.45) is 3.75. The maximum Gasteiger partial charge on any atom is 0.339 e. The van der Waals surface area contributed by atoms with Gasteiger partial charge in [0, 0.05) is 22.6 Å². The van der Waals surface area contributed by atoms with Crippen LogP contribution in [-0.4, -0.2) is 5.97 Å². The Labute approximate surface area is 149 Å². The first-order chi connectivity index (χ1) is 12.5. The molecule has 1 aromatic carbocycles. The Morgan fingerprint density at radius 2 is 1.92 bits per heavy atom. The van der Waals surface area contributed by atoms with Gasteiger partial charge in [0.05, 0.1) is 0 Å². The first kappa shape index (κ1) is 16.4. The average Bonchev–Trinajstić information content (AvgIpc) is 3.01. The molecule has 1 aliphatic carbocycles. The quantitative estimate of drug-likeness (QED) is 0.669. The molecule has 0 saturated heterocycles. The molecule has 0 bridgehead atoms. The highest BCUT2D eigenvalue weighted by Gasteiger charge is 2.18. The van der Waals surface area contributed by atoms with Gasteiger partial charge in [-0.1, -0.05) is 0 Å². The fourth-order valence-corrected chi connectivity index (χ4v) is 3.44. The third kappa shape index (κ3) is 2.87. The zero-order valence-electron chi connectivity index (χ0n) is 14.3. The minimum Gasteiger partial charge on any atom is -0.542 e. The number of furan rings is 1. The molecule has 0 spiro atoms. The van der Waals surface area contributed by atoms with Crippen molar-refractivity contribution in [1.82, 2.24) is 0 Å². The number of ether oxygens (including phenoxy) is 1. The Balaban J connectivity index is 1.62. The van der Waals surface area contributed by atoms with Gasteiger partial charge < -0.3 is 23.5 Å². The summed E-state index contributed by atoms with van der Waals surface area (Å²) in [7, 11) is 0. The SMILES string of the molecule is Cc1oc(C(=O)[O-])cc1COc1ccc2c3c(c(=O)oc2c1)CCCC3. The molecule has 6 nitrogen and oxygen atoms in total. The predicted molar refractivity (Wildman–Crippen MR) is 91.2 cm³/mol. The van der Waals surface area contributed by atoms with Crippen molar-refractivity contribution in [3.8, 4) is 5.75 Å². The van der Waals surface area contributed by atoms with E-state index in [1.807, 2.05) is 12.1 Å². The van der Waals surface area contributed by atoms with Crippen LogP contribution in [0.1, 0.15) is 45.8 Å². The summed E-state index contributed by atoms with van der Waals surface area (Å²) in [6, 6.07) is 6.82. The minimum absolute atomic E-state index is 0.142. The van der Waals surface area contributed by atoms with E-state index in [1.54, 1.807) is 13.0 Å². The Bertz CT molecular complexity index is 1060. The van der Waals surface area contributed by atoms with Crippen LogP contribution in [0.2, 0.25) is 0 Å². The number of hydrogen-bond acceptors (Lipinski definition) is 6. The van der Waals surface area contributed by atoms with Gasteiger partial charge in [0.1, 0.15) is 35.4 Å². The van der Waals surface area contributed by atoms with E-state index in [0.717, 1.165) is 42.2 Å². The number of aryl methyl sites for hydroxylation is 2. The van der Waals surface area contributed by atoms with Crippen molar-refractivity contribution >= 4 is 16.9 Å². The highest BCUT2D eigenvalue weighted by atomic mass is 16.5. The number of hydrogen-bond donors (Lipinski definition) is 0. The minimum atomic E-state index is -1.36. The van der Waals surface area contributed by atoms with Crippen LogP contribution in [-0.2, 0) is 19.4 Å². The van der Waals surface area contributed by atoms with Gasteiger partial charge in [-0.3, -0.25) is 0 Å². The molecule has 4 rings (SSSR count). The summed E-state index contributed by atoms with van der Waals surface area (Å²) in [5.74, 6) is -0.591. The fraction of sp³-hybridized carbons (Fsp3) is 0.300. The van der Waals surface area contributed by atoms with E-state index in [2.05, 4.69) is 0 Å². The largest absolute Gasteiger partial charge is 0.542 e. The van der Waals surface area contributed by atoms with Crippen LogP contribution in [0, 0.1) is 6.92 Å². The molecule has 0 N–H and O–H groups in total. The van der Waals surface area contributed by atoms with Crippen LogP contribution < -0.4 is 15.5 Å². The molecule has 6 heteroatoms. The normalized spacial score (nSPS) is 13.6. The van der Waals surface area contributed by atoms with E-state index in [1.165, 1.54) is 6.07 Å². The average molecular weight is 353 g/mol. The van der Waals surface area contributed by atoms with Gasteiger partial charge in [0.15, 0.2) is 0 Å². The first-order valence-electron chi connectivity index (χ1n) is 8.55. The van der Waals surface area contributed by atoms with E-state index in [-0.39, 0.29) is 18.0 Å². The van der Waals surface area contributed by atoms with E-state index >= 15 is 0 Å². The lowest BCUT2D eigenvalue weighted by Crippen LogP contribution is -2.21. The van der Waals surface area contributed by atoms with Crippen molar-refractivity contribution in [2.45, 2.75) is 39.2 Å². The number of carboxylic acid groups (broad SMARTS) is 1. The third-order valence-corrected chi connectivity index (χ3v) is 4.81. The number of fused-ring (bicyclic) bond motifs is 3.